The normalized spacial score (nSPS) is 10.0. The molecule has 0 atom stereocenters. The summed E-state index contributed by atoms with van der Waals surface area (Å²) in [5.74, 6) is 1.42. The maximum Gasteiger partial charge on any atom is 0.141 e. The number of benzene rings is 1. The summed E-state index contributed by atoms with van der Waals surface area (Å²) in [6, 6.07) is 7.86. The third-order valence-electron chi connectivity index (χ3n) is 2.75. The molecule has 2 N–H and O–H groups in total. The van der Waals surface area contributed by atoms with Crippen molar-refractivity contribution in [1.82, 2.24) is 9.97 Å². The van der Waals surface area contributed by atoms with Gasteiger partial charge in [-0.3, -0.25) is 0 Å². The van der Waals surface area contributed by atoms with Crippen LogP contribution in [-0.2, 0) is 0 Å². The average molecular weight is 285 g/mol. The number of nitrogens with zero attached hydrogens (tertiary/aromatic N) is 3. The van der Waals surface area contributed by atoms with E-state index in [-0.39, 0.29) is 5.56 Å². The van der Waals surface area contributed by atoms with E-state index in [4.69, 9.17) is 5.26 Å². The van der Waals surface area contributed by atoms with Crippen LogP contribution in [0.15, 0.2) is 24.3 Å². The first kappa shape index (κ1) is 14.7. The van der Waals surface area contributed by atoms with Crippen LogP contribution in [0.2, 0.25) is 0 Å². The second-order valence-corrected chi connectivity index (χ2v) is 4.54. The van der Waals surface area contributed by atoms with Crippen molar-refractivity contribution in [2.75, 3.05) is 17.2 Å². The first-order chi connectivity index (χ1) is 10.1. The lowest BCUT2D eigenvalue weighted by Gasteiger charge is -2.10. The van der Waals surface area contributed by atoms with Gasteiger partial charge in [-0.2, -0.15) is 5.26 Å². The Labute approximate surface area is 122 Å². The molecule has 1 aromatic heterocycles. The maximum absolute atomic E-state index is 13.3. The summed E-state index contributed by atoms with van der Waals surface area (Å²) in [6.45, 7) is 4.70. The minimum absolute atomic E-state index is 0.00453. The van der Waals surface area contributed by atoms with E-state index in [1.807, 2.05) is 6.07 Å². The summed E-state index contributed by atoms with van der Waals surface area (Å²) < 4.78 is 13.3. The van der Waals surface area contributed by atoms with Gasteiger partial charge in [-0.05, 0) is 31.5 Å². The van der Waals surface area contributed by atoms with Gasteiger partial charge in [0.15, 0.2) is 0 Å². The number of anilines is 3. The van der Waals surface area contributed by atoms with E-state index in [1.165, 1.54) is 12.1 Å². The number of nitrogens with one attached hydrogen (secondary N) is 2. The van der Waals surface area contributed by atoms with Crippen LogP contribution in [0, 0.1) is 24.1 Å². The number of halogens is 1. The van der Waals surface area contributed by atoms with Gasteiger partial charge >= 0.3 is 0 Å². The van der Waals surface area contributed by atoms with Crippen molar-refractivity contribution >= 4 is 17.3 Å². The van der Waals surface area contributed by atoms with Crippen LogP contribution in [0.5, 0.6) is 0 Å². The summed E-state index contributed by atoms with van der Waals surface area (Å²) in [7, 11) is 0. The highest BCUT2D eigenvalue weighted by Gasteiger charge is 2.05. The Hall–Kier alpha value is -2.68. The van der Waals surface area contributed by atoms with Crippen molar-refractivity contribution in [3.63, 3.8) is 0 Å². The van der Waals surface area contributed by atoms with E-state index in [2.05, 4.69) is 27.5 Å². The first-order valence-electron chi connectivity index (χ1n) is 6.68. The Bertz CT molecular complexity index is 678. The zero-order valence-corrected chi connectivity index (χ0v) is 11.9. The molecular weight excluding hydrogens is 269 g/mol. The van der Waals surface area contributed by atoms with Crippen LogP contribution in [-0.4, -0.2) is 16.5 Å². The van der Waals surface area contributed by atoms with Crippen LogP contribution >= 0.6 is 0 Å². The molecule has 0 aliphatic heterocycles. The molecule has 6 heteroatoms. The van der Waals surface area contributed by atoms with E-state index in [0.29, 0.717) is 17.3 Å². The monoisotopic (exact) mass is 285 g/mol. The molecular formula is C15H16FN5. The largest absolute Gasteiger partial charge is 0.370 e. The van der Waals surface area contributed by atoms with Gasteiger partial charge in [0, 0.05) is 18.3 Å². The first-order valence-corrected chi connectivity index (χ1v) is 6.68. The fourth-order valence-electron chi connectivity index (χ4n) is 1.81. The molecule has 0 bridgehead atoms. The van der Waals surface area contributed by atoms with Crippen molar-refractivity contribution in [3.05, 3.63) is 41.5 Å². The molecule has 0 fully saturated rings. The number of aryl methyl sites for hydroxylation is 1. The van der Waals surface area contributed by atoms with E-state index in [9.17, 15) is 4.39 Å². The molecule has 21 heavy (non-hydrogen) atoms. The Morgan fingerprint density at radius 1 is 1.24 bits per heavy atom. The molecule has 0 aliphatic carbocycles. The SMILES string of the molecule is CCCNc1cc(Nc2ccc(F)c(C#N)c2)nc(C)n1. The molecule has 2 aromatic rings. The van der Waals surface area contributed by atoms with Gasteiger partial charge in [-0.15, -0.1) is 0 Å². The molecule has 1 aromatic carbocycles. The molecule has 108 valence electrons. The molecule has 2 rings (SSSR count). The Balaban J connectivity index is 2.23. The molecule has 0 radical (unpaired) electrons. The second-order valence-electron chi connectivity index (χ2n) is 4.54. The third-order valence-corrected chi connectivity index (χ3v) is 2.75. The summed E-state index contributed by atoms with van der Waals surface area (Å²) >= 11 is 0. The van der Waals surface area contributed by atoms with Crippen molar-refractivity contribution < 1.29 is 4.39 Å². The van der Waals surface area contributed by atoms with Crippen molar-refractivity contribution in [1.29, 1.82) is 5.26 Å². The van der Waals surface area contributed by atoms with Gasteiger partial charge < -0.3 is 10.6 Å². The lowest BCUT2D eigenvalue weighted by molar-refractivity contribution is 0.624. The predicted molar refractivity (Wildman–Crippen MR) is 79.9 cm³/mol. The van der Waals surface area contributed by atoms with Crippen LogP contribution in [0.25, 0.3) is 0 Å². The Kier molecular flexibility index (Phi) is 4.67. The van der Waals surface area contributed by atoms with Crippen LogP contribution in [0.4, 0.5) is 21.7 Å². The second kappa shape index (κ2) is 6.66. The molecule has 0 amide bonds. The van der Waals surface area contributed by atoms with E-state index >= 15 is 0 Å². The fourth-order valence-corrected chi connectivity index (χ4v) is 1.81. The Morgan fingerprint density at radius 3 is 2.71 bits per heavy atom. The number of hydrogen-bond acceptors (Lipinski definition) is 5. The molecule has 0 saturated carbocycles. The van der Waals surface area contributed by atoms with Gasteiger partial charge in [0.2, 0.25) is 0 Å². The van der Waals surface area contributed by atoms with Crippen LogP contribution < -0.4 is 10.6 Å². The smallest absolute Gasteiger partial charge is 0.141 e. The molecule has 0 aliphatic rings. The number of hydrogen-bond donors (Lipinski definition) is 2. The van der Waals surface area contributed by atoms with Gasteiger partial charge in [0.05, 0.1) is 5.56 Å². The molecule has 0 spiro atoms. The minimum Gasteiger partial charge on any atom is -0.370 e. The highest BCUT2D eigenvalue weighted by Crippen LogP contribution is 2.20. The number of aromatic nitrogens is 2. The van der Waals surface area contributed by atoms with Crippen LogP contribution in [0.1, 0.15) is 24.7 Å². The fraction of sp³-hybridized carbons (Fsp3) is 0.267. The standard InChI is InChI=1S/C15H16FN5/c1-3-6-18-14-8-15(20-10(2)19-14)21-12-4-5-13(16)11(7-12)9-17/h4-5,7-8H,3,6H2,1-2H3,(H2,18,19,20,21). The molecule has 0 unspecified atom stereocenters. The van der Waals surface area contributed by atoms with E-state index in [1.54, 1.807) is 19.1 Å². The van der Waals surface area contributed by atoms with Gasteiger partial charge in [0.25, 0.3) is 0 Å². The highest BCUT2D eigenvalue weighted by molar-refractivity contribution is 5.61. The van der Waals surface area contributed by atoms with Gasteiger partial charge in [-0.1, -0.05) is 6.92 Å². The minimum atomic E-state index is -0.535. The maximum atomic E-state index is 13.3. The highest BCUT2D eigenvalue weighted by atomic mass is 19.1. The molecule has 5 nitrogen and oxygen atoms in total. The lowest BCUT2D eigenvalue weighted by atomic mass is 10.2. The van der Waals surface area contributed by atoms with Crippen LogP contribution in [0.3, 0.4) is 0 Å². The predicted octanol–water partition coefficient (Wildman–Crippen LogP) is 3.36. The Morgan fingerprint density at radius 2 is 2.00 bits per heavy atom. The lowest BCUT2D eigenvalue weighted by Crippen LogP contribution is -2.05. The number of nitriles is 1. The number of rotatable bonds is 5. The summed E-state index contributed by atoms with van der Waals surface area (Å²) in [5.41, 5.74) is 0.600. The molecule has 0 saturated heterocycles. The summed E-state index contributed by atoms with van der Waals surface area (Å²) in [4.78, 5) is 8.56. The molecule has 1 heterocycles. The van der Waals surface area contributed by atoms with E-state index in [0.717, 1.165) is 18.8 Å². The van der Waals surface area contributed by atoms with Crippen molar-refractivity contribution in [2.24, 2.45) is 0 Å². The van der Waals surface area contributed by atoms with Crippen molar-refractivity contribution in [2.45, 2.75) is 20.3 Å². The average Bonchev–Trinajstić information content (AvgIpc) is 2.46. The van der Waals surface area contributed by atoms with Gasteiger partial charge in [-0.25, -0.2) is 14.4 Å². The van der Waals surface area contributed by atoms with Gasteiger partial charge in [0.1, 0.15) is 29.3 Å². The summed E-state index contributed by atoms with van der Waals surface area (Å²) in [6.07, 6.45) is 0.995. The van der Waals surface area contributed by atoms with Crippen molar-refractivity contribution in [3.8, 4) is 6.07 Å². The zero-order valence-electron chi connectivity index (χ0n) is 11.9. The zero-order chi connectivity index (χ0) is 15.2. The van der Waals surface area contributed by atoms with E-state index < -0.39 is 5.82 Å². The summed E-state index contributed by atoms with van der Waals surface area (Å²) in [5, 5.41) is 15.1. The topological polar surface area (TPSA) is 73.6 Å². The quantitative estimate of drug-likeness (QED) is 0.881. The third kappa shape index (κ3) is 3.89.